The van der Waals surface area contributed by atoms with Gasteiger partial charge in [-0.3, -0.25) is 4.79 Å². The van der Waals surface area contributed by atoms with E-state index < -0.39 is 0 Å². The number of piperazine rings is 1. The topological polar surface area (TPSA) is 56.8 Å². The van der Waals surface area contributed by atoms with E-state index in [0.717, 1.165) is 48.9 Å². The molecule has 166 valence electrons. The minimum atomic E-state index is -0.102. The van der Waals surface area contributed by atoms with Gasteiger partial charge >= 0.3 is 0 Å². The summed E-state index contributed by atoms with van der Waals surface area (Å²) in [6, 6.07) is 23.5. The first kappa shape index (κ1) is 21.7. The number of hydrogen-bond donors (Lipinski definition) is 2. The predicted molar refractivity (Wildman–Crippen MR) is 130 cm³/mol. The molecule has 32 heavy (non-hydrogen) atoms. The highest BCUT2D eigenvalue weighted by Gasteiger charge is 2.17. The van der Waals surface area contributed by atoms with Crippen molar-refractivity contribution in [2.75, 3.05) is 50.6 Å². The van der Waals surface area contributed by atoms with Crippen LogP contribution in [0.2, 0.25) is 0 Å². The van der Waals surface area contributed by atoms with Crippen molar-refractivity contribution in [1.82, 2.24) is 10.2 Å². The van der Waals surface area contributed by atoms with Gasteiger partial charge in [-0.05, 0) is 55.1 Å². The van der Waals surface area contributed by atoms with Crippen LogP contribution in [0.15, 0.2) is 72.8 Å². The molecule has 1 aliphatic rings. The SMILES string of the molecule is COc1ccc(Nc2ccccc2C(=O)NCc2ccccc2N2CCN(C)CC2)cc1. The van der Waals surface area contributed by atoms with Crippen LogP contribution < -0.4 is 20.3 Å². The minimum Gasteiger partial charge on any atom is -0.497 e. The van der Waals surface area contributed by atoms with Crippen LogP contribution in [-0.4, -0.2) is 51.1 Å². The van der Waals surface area contributed by atoms with E-state index in [2.05, 4.69) is 45.7 Å². The average molecular weight is 431 g/mol. The highest BCUT2D eigenvalue weighted by atomic mass is 16.5. The molecule has 0 bridgehead atoms. The average Bonchev–Trinajstić information content (AvgIpc) is 2.84. The van der Waals surface area contributed by atoms with Crippen molar-refractivity contribution in [2.45, 2.75) is 6.54 Å². The van der Waals surface area contributed by atoms with Gasteiger partial charge in [0.25, 0.3) is 5.91 Å². The Morgan fingerprint density at radius 1 is 0.906 bits per heavy atom. The summed E-state index contributed by atoms with van der Waals surface area (Å²) in [5.41, 5.74) is 4.60. The van der Waals surface area contributed by atoms with E-state index in [1.165, 1.54) is 5.69 Å². The molecule has 0 aromatic heterocycles. The van der Waals surface area contributed by atoms with Crippen molar-refractivity contribution in [3.8, 4) is 5.75 Å². The van der Waals surface area contributed by atoms with Crippen LogP contribution in [0.5, 0.6) is 5.75 Å². The summed E-state index contributed by atoms with van der Waals surface area (Å²) in [6.07, 6.45) is 0. The van der Waals surface area contributed by atoms with Gasteiger partial charge in [-0.25, -0.2) is 0 Å². The Hall–Kier alpha value is -3.51. The summed E-state index contributed by atoms with van der Waals surface area (Å²) in [4.78, 5) is 17.8. The molecule has 2 N–H and O–H groups in total. The lowest BCUT2D eigenvalue weighted by Gasteiger charge is -2.35. The minimum absolute atomic E-state index is 0.102. The van der Waals surface area contributed by atoms with Crippen LogP contribution in [0, 0.1) is 0 Å². The number of carbonyl (C=O) groups is 1. The number of benzene rings is 3. The Balaban J connectivity index is 1.45. The van der Waals surface area contributed by atoms with Gasteiger partial charge in [0.1, 0.15) is 5.75 Å². The van der Waals surface area contributed by atoms with Crippen molar-refractivity contribution in [2.24, 2.45) is 0 Å². The second kappa shape index (κ2) is 10.2. The summed E-state index contributed by atoms with van der Waals surface area (Å²) in [5.74, 6) is 0.690. The van der Waals surface area contributed by atoms with E-state index in [-0.39, 0.29) is 5.91 Å². The van der Waals surface area contributed by atoms with Gasteiger partial charge in [-0.15, -0.1) is 0 Å². The Labute approximate surface area is 189 Å². The van der Waals surface area contributed by atoms with E-state index in [0.29, 0.717) is 12.1 Å². The molecular weight excluding hydrogens is 400 g/mol. The van der Waals surface area contributed by atoms with Gasteiger partial charge in [0, 0.05) is 44.1 Å². The van der Waals surface area contributed by atoms with Crippen molar-refractivity contribution in [1.29, 1.82) is 0 Å². The number of ether oxygens (including phenoxy) is 1. The number of nitrogens with one attached hydrogen (secondary N) is 2. The van der Waals surface area contributed by atoms with Gasteiger partial charge in [-0.2, -0.15) is 0 Å². The molecule has 4 rings (SSSR count). The molecule has 0 spiro atoms. The fraction of sp³-hybridized carbons (Fsp3) is 0.269. The molecule has 3 aromatic rings. The monoisotopic (exact) mass is 430 g/mol. The van der Waals surface area contributed by atoms with E-state index in [1.807, 2.05) is 54.6 Å². The predicted octanol–water partition coefficient (Wildman–Crippen LogP) is 4.12. The molecule has 0 unspecified atom stereocenters. The lowest BCUT2D eigenvalue weighted by molar-refractivity contribution is 0.0952. The standard InChI is InChI=1S/C26H30N4O2/c1-29-15-17-30(18-16-29)25-10-6-3-7-20(25)19-27-26(31)23-8-4-5-9-24(23)28-21-11-13-22(32-2)14-12-21/h3-14,28H,15-19H2,1-2H3,(H,27,31). The van der Waals surface area contributed by atoms with Gasteiger partial charge in [0.15, 0.2) is 0 Å². The normalized spacial score (nSPS) is 14.1. The fourth-order valence-electron chi connectivity index (χ4n) is 3.91. The lowest BCUT2D eigenvalue weighted by atomic mass is 10.1. The number of amides is 1. The van der Waals surface area contributed by atoms with E-state index >= 15 is 0 Å². The zero-order valence-corrected chi connectivity index (χ0v) is 18.7. The number of nitrogens with zero attached hydrogens (tertiary/aromatic N) is 2. The van der Waals surface area contributed by atoms with E-state index in [1.54, 1.807) is 7.11 Å². The number of carbonyl (C=O) groups excluding carboxylic acids is 1. The third kappa shape index (κ3) is 5.21. The quantitative estimate of drug-likeness (QED) is 0.591. The second-order valence-corrected chi connectivity index (χ2v) is 8.00. The first-order valence-electron chi connectivity index (χ1n) is 10.9. The number of rotatable bonds is 7. The molecule has 0 saturated carbocycles. The summed E-state index contributed by atoms with van der Waals surface area (Å²) < 4.78 is 5.22. The van der Waals surface area contributed by atoms with Gasteiger partial charge < -0.3 is 25.2 Å². The summed E-state index contributed by atoms with van der Waals surface area (Å²) in [6.45, 7) is 4.57. The second-order valence-electron chi connectivity index (χ2n) is 8.00. The molecule has 0 atom stereocenters. The van der Waals surface area contributed by atoms with Crippen LogP contribution in [0.3, 0.4) is 0 Å². The van der Waals surface area contributed by atoms with Crippen LogP contribution in [-0.2, 0) is 6.54 Å². The number of hydrogen-bond acceptors (Lipinski definition) is 5. The van der Waals surface area contributed by atoms with Crippen molar-refractivity contribution < 1.29 is 9.53 Å². The van der Waals surface area contributed by atoms with Crippen molar-refractivity contribution in [3.05, 3.63) is 83.9 Å². The zero-order chi connectivity index (χ0) is 22.3. The Morgan fingerprint density at radius 3 is 2.34 bits per heavy atom. The van der Waals surface area contributed by atoms with E-state index in [4.69, 9.17) is 4.74 Å². The number of methoxy groups -OCH3 is 1. The first-order valence-corrected chi connectivity index (χ1v) is 10.9. The molecule has 1 saturated heterocycles. The number of anilines is 3. The largest absolute Gasteiger partial charge is 0.497 e. The van der Waals surface area contributed by atoms with E-state index in [9.17, 15) is 4.79 Å². The number of para-hydroxylation sites is 2. The fourth-order valence-corrected chi connectivity index (χ4v) is 3.91. The number of likely N-dealkylation sites (N-methyl/N-ethyl adjacent to an activating group) is 1. The van der Waals surface area contributed by atoms with Crippen LogP contribution >= 0.6 is 0 Å². The Bertz CT molecular complexity index is 1040. The van der Waals surface area contributed by atoms with Crippen LogP contribution in [0.25, 0.3) is 0 Å². The van der Waals surface area contributed by atoms with Crippen molar-refractivity contribution in [3.63, 3.8) is 0 Å². The lowest BCUT2D eigenvalue weighted by Crippen LogP contribution is -2.45. The molecule has 1 aliphatic heterocycles. The Kier molecular flexibility index (Phi) is 6.92. The molecule has 1 fully saturated rings. The summed E-state index contributed by atoms with van der Waals surface area (Å²) in [5, 5.41) is 6.45. The third-order valence-corrected chi connectivity index (χ3v) is 5.82. The first-order chi connectivity index (χ1) is 15.6. The van der Waals surface area contributed by atoms with Gasteiger partial charge in [0.2, 0.25) is 0 Å². The third-order valence-electron chi connectivity index (χ3n) is 5.82. The van der Waals surface area contributed by atoms with Crippen LogP contribution in [0.4, 0.5) is 17.1 Å². The maximum Gasteiger partial charge on any atom is 0.253 e. The van der Waals surface area contributed by atoms with Gasteiger partial charge in [0.05, 0.1) is 18.4 Å². The Morgan fingerprint density at radius 2 is 1.59 bits per heavy atom. The molecule has 6 nitrogen and oxygen atoms in total. The maximum atomic E-state index is 13.1. The van der Waals surface area contributed by atoms with Crippen molar-refractivity contribution >= 4 is 23.0 Å². The highest BCUT2D eigenvalue weighted by molar-refractivity contribution is 6.00. The molecular formula is C26H30N4O2. The molecule has 1 heterocycles. The highest BCUT2D eigenvalue weighted by Crippen LogP contribution is 2.24. The zero-order valence-electron chi connectivity index (χ0n) is 18.7. The van der Waals surface area contributed by atoms with Gasteiger partial charge in [-0.1, -0.05) is 30.3 Å². The molecule has 0 aliphatic carbocycles. The maximum absolute atomic E-state index is 13.1. The van der Waals surface area contributed by atoms with Crippen LogP contribution in [0.1, 0.15) is 15.9 Å². The smallest absolute Gasteiger partial charge is 0.253 e. The molecule has 0 radical (unpaired) electrons. The summed E-state index contributed by atoms with van der Waals surface area (Å²) >= 11 is 0. The molecule has 3 aromatic carbocycles. The summed E-state index contributed by atoms with van der Waals surface area (Å²) in [7, 11) is 3.80. The molecule has 6 heteroatoms. The molecule has 1 amide bonds.